The number of aliphatic carboxylic acids is 3. The van der Waals surface area contributed by atoms with Crippen molar-refractivity contribution in [3.05, 3.63) is 108 Å². The van der Waals surface area contributed by atoms with E-state index >= 15 is 0 Å². The largest absolute Gasteiger partial charge is 0.480 e. The number of carboxylic acid groups (broad SMARTS) is 3. The van der Waals surface area contributed by atoms with E-state index in [-0.39, 0.29) is 43.8 Å². The summed E-state index contributed by atoms with van der Waals surface area (Å²) < 4.78 is 5.81. The number of carbonyl (C=O) groups is 9. The van der Waals surface area contributed by atoms with E-state index in [1.807, 2.05) is 43.3 Å². The number of allylic oxidation sites excluding steroid dienone is 2. The van der Waals surface area contributed by atoms with Crippen LogP contribution in [0.3, 0.4) is 0 Å². The Morgan fingerprint density at radius 1 is 0.720 bits per heavy atom. The standard InChI is InChI=1S/C52H74N10O13/c1-29(26-30(2)41(75-8)28-36-18-13-10-14-19-36)21-22-38(31(3)44(64)60-40(50(71)72)23-24-42(63)62(7)34(6)46(66)57-33(5)49(69)70)58-48(68)39(20-15-25-56-52(54)55)59-45(65)32(4)43(51(73)74)61-47(67)37(53)27-35-16-11-9-12-17-35/h9-14,16-19,21-22,26,30-33,37-41,43H,6,15,20,23-25,27-28,53H2,1-5,7-8H3,(H,57,66)(H,58,68)(H,59,65)(H,60,64)(H,61,67)(H,69,70)(H,71,72)(H,73,74)(H4,54,55,56)/b22-21+,29-26+/t30-,31-,32-,33+,37-,38-,39-,40+,41-,43+/m0/s1. The number of benzene rings is 2. The third-order valence-corrected chi connectivity index (χ3v) is 12.2. The minimum Gasteiger partial charge on any atom is -0.480 e. The summed E-state index contributed by atoms with van der Waals surface area (Å²) in [5.41, 5.74) is 19.2. The molecule has 10 atom stereocenters. The zero-order valence-corrected chi connectivity index (χ0v) is 43.5. The second-order valence-electron chi connectivity index (χ2n) is 18.2. The number of hydrogen-bond acceptors (Lipinski definition) is 12. The van der Waals surface area contributed by atoms with Gasteiger partial charge in [-0.15, -0.1) is 0 Å². The van der Waals surface area contributed by atoms with E-state index in [1.54, 1.807) is 50.4 Å². The Morgan fingerprint density at radius 3 is 1.81 bits per heavy atom. The van der Waals surface area contributed by atoms with E-state index in [2.05, 4.69) is 38.2 Å². The van der Waals surface area contributed by atoms with E-state index in [0.29, 0.717) is 17.6 Å². The zero-order valence-electron chi connectivity index (χ0n) is 43.5. The van der Waals surface area contributed by atoms with Crippen LogP contribution in [0.15, 0.2) is 102 Å². The first-order valence-corrected chi connectivity index (χ1v) is 24.2. The molecule has 2 rings (SSSR count). The molecule has 0 saturated carbocycles. The fraction of sp³-hybridized carbons (Fsp3) is 0.462. The summed E-state index contributed by atoms with van der Waals surface area (Å²) in [6.07, 6.45) is 4.53. The summed E-state index contributed by atoms with van der Waals surface area (Å²) in [5.74, 6) is -12.7. The van der Waals surface area contributed by atoms with Gasteiger partial charge in [-0.05, 0) is 57.1 Å². The van der Waals surface area contributed by atoms with Crippen molar-refractivity contribution in [3.8, 4) is 0 Å². The number of carbonyl (C=O) groups excluding carboxylic acids is 6. The quantitative estimate of drug-likeness (QED) is 0.0158. The number of likely N-dealkylation sites (N-methyl/N-ethyl adjacent to an activating group) is 1. The van der Waals surface area contributed by atoms with Gasteiger partial charge in [0, 0.05) is 33.0 Å². The molecule has 0 aliphatic heterocycles. The van der Waals surface area contributed by atoms with Gasteiger partial charge in [0.15, 0.2) is 5.96 Å². The van der Waals surface area contributed by atoms with Gasteiger partial charge < -0.3 is 68.7 Å². The Morgan fingerprint density at radius 2 is 1.28 bits per heavy atom. The van der Waals surface area contributed by atoms with Crippen LogP contribution in [0.5, 0.6) is 0 Å². The number of aliphatic imine (C=N–C) groups is 1. The van der Waals surface area contributed by atoms with Gasteiger partial charge in [0.2, 0.25) is 29.5 Å². The lowest BCUT2D eigenvalue weighted by atomic mass is 9.94. The van der Waals surface area contributed by atoms with Crippen molar-refractivity contribution in [2.24, 2.45) is 39.9 Å². The minimum atomic E-state index is -1.78. The number of nitrogens with one attached hydrogen (secondary N) is 5. The molecular formula is C52H74N10O13. The van der Waals surface area contributed by atoms with Crippen molar-refractivity contribution in [2.45, 2.75) is 115 Å². The van der Waals surface area contributed by atoms with E-state index in [9.17, 15) is 53.4 Å². The molecular weight excluding hydrogens is 973 g/mol. The maximum Gasteiger partial charge on any atom is 0.327 e. The van der Waals surface area contributed by atoms with Crippen LogP contribution in [0.1, 0.15) is 71.4 Å². The topological polar surface area (TPSA) is 377 Å². The number of nitrogens with two attached hydrogens (primary N) is 3. The molecule has 0 unspecified atom stereocenters. The summed E-state index contributed by atoms with van der Waals surface area (Å²) in [6, 6.07) is 9.92. The summed E-state index contributed by atoms with van der Waals surface area (Å²) in [6.45, 7) is 11.1. The molecule has 23 heteroatoms. The average Bonchev–Trinajstić information content (AvgIpc) is 3.36. The highest BCUT2D eigenvalue weighted by atomic mass is 16.5. The van der Waals surface area contributed by atoms with Gasteiger partial charge in [-0.25, -0.2) is 9.59 Å². The Balaban J connectivity index is 2.49. The molecule has 2 aromatic rings. The van der Waals surface area contributed by atoms with Gasteiger partial charge in [-0.1, -0.05) is 112 Å². The van der Waals surface area contributed by atoms with Crippen molar-refractivity contribution < 1.29 is 63.2 Å². The number of amides is 6. The molecule has 14 N–H and O–H groups in total. The molecule has 0 aliphatic rings. The van der Waals surface area contributed by atoms with Gasteiger partial charge in [0.1, 0.15) is 29.9 Å². The lowest BCUT2D eigenvalue weighted by Crippen LogP contribution is -2.57. The zero-order chi connectivity index (χ0) is 56.5. The molecule has 410 valence electrons. The predicted octanol–water partition coefficient (Wildman–Crippen LogP) is 0.728. The van der Waals surface area contributed by atoms with Crippen LogP contribution in [0.4, 0.5) is 0 Å². The molecule has 23 nitrogen and oxygen atoms in total. The van der Waals surface area contributed by atoms with Crippen molar-refractivity contribution in [3.63, 3.8) is 0 Å². The molecule has 0 heterocycles. The molecule has 0 bridgehead atoms. The molecule has 0 saturated heterocycles. The molecule has 0 fully saturated rings. The maximum absolute atomic E-state index is 14.4. The third-order valence-electron chi connectivity index (χ3n) is 12.2. The molecule has 75 heavy (non-hydrogen) atoms. The number of ether oxygens (including phenoxy) is 1. The number of carboxylic acids is 3. The SMILES string of the molecule is C=C(C(=O)N[C@H](C)C(=O)O)N(C)C(=O)CC[C@@H](NC(=O)[C@@H](C)[C@H](/C=C/C(C)=C/[C@H](C)[C@H](Cc1ccccc1)OC)NC(=O)[C@H](CCCN=C(N)N)NC(=O)[C@@H](C)[C@@H](NC(=O)[C@@H](N)Cc1ccccc1)C(=O)O)C(=O)O. The highest BCUT2D eigenvalue weighted by Crippen LogP contribution is 2.19. The Hall–Kier alpha value is -7.92. The number of nitrogens with zero attached hydrogens (tertiary/aromatic N) is 2. The van der Waals surface area contributed by atoms with Crippen molar-refractivity contribution in [1.82, 2.24) is 31.5 Å². The van der Waals surface area contributed by atoms with Gasteiger partial charge in [-0.2, -0.15) is 0 Å². The van der Waals surface area contributed by atoms with Gasteiger partial charge >= 0.3 is 17.9 Å². The molecule has 0 aliphatic carbocycles. The first-order valence-electron chi connectivity index (χ1n) is 24.2. The fourth-order valence-corrected chi connectivity index (χ4v) is 7.42. The van der Waals surface area contributed by atoms with Crippen LogP contribution < -0.4 is 43.8 Å². The molecule has 0 spiro atoms. The van der Waals surface area contributed by atoms with Crippen molar-refractivity contribution in [1.29, 1.82) is 0 Å². The highest BCUT2D eigenvalue weighted by molar-refractivity contribution is 5.99. The molecule has 6 amide bonds. The normalized spacial score (nSPS) is 15.4. The van der Waals surface area contributed by atoms with Crippen LogP contribution in [-0.4, -0.2) is 143 Å². The van der Waals surface area contributed by atoms with E-state index in [0.717, 1.165) is 10.5 Å². The van der Waals surface area contributed by atoms with Gasteiger partial charge in [0.25, 0.3) is 5.91 Å². The maximum atomic E-state index is 14.4. The number of hydrogen-bond donors (Lipinski definition) is 11. The Labute approximate surface area is 436 Å². The summed E-state index contributed by atoms with van der Waals surface area (Å²) in [7, 11) is 2.78. The predicted molar refractivity (Wildman–Crippen MR) is 279 cm³/mol. The Bertz CT molecular complexity index is 2390. The fourth-order valence-electron chi connectivity index (χ4n) is 7.42. The van der Waals surface area contributed by atoms with Crippen LogP contribution in [0.25, 0.3) is 0 Å². The van der Waals surface area contributed by atoms with Crippen LogP contribution in [-0.2, 0) is 60.7 Å². The number of guanidine groups is 1. The summed E-state index contributed by atoms with van der Waals surface area (Å²) in [4.78, 5) is 122. The molecule has 0 aromatic heterocycles. The monoisotopic (exact) mass is 1050 g/mol. The van der Waals surface area contributed by atoms with Crippen LogP contribution >= 0.6 is 0 Å². The first kappa shape index (κ1) is 63.2. The Kier molecular flexibility index (Phi) is 26.6. The number of methoxy groups -OCH3 is 1. The van der Waals surface area contributed by atoms with Crippen molar-refractivity contribution in [2.75, 3.05) is 20.7 Å². The highest BCUT2D eigenvalue weighted by Gasteiger charge is 2.36. The number of rotatable bonds is 32. The van der Waals surface area contributed by atoms with Crippen LogP contribution in [0.2, 0.25) is 0 Å². The lowest BCUT2D eigenvalue weighted by Gasteiger charge is -2.28. The second-order valence-corrected chi connectivity index (χ2v) is 18.2. The smallest absolute Gasteiger partial charge is 0.327 e. The van der Waals surface area contributed by atoms with E-state index in [1.165, 1.54) is 33.9 Å². The summed E-state index contributed by atoms with van der Waals surface area (Å²) >= 11 is 0. The molecule has 2 aromatic carbocycles. The average molecular weight is 1050 g/mol. The van der Waals surface area contributed by atoms with E-state index < -0.39 is 120 Å². The third kappa shape index (κ3) is 22.0. The van der Waals surface area contributed by atoms with Crippen molar-refractivity contribution >= 4 is 59.3 Å². The van der Waals surface area contributed by atoms with Gasteiger partial charge in [0.05, 0.1) is 30.0 Å². The van der Waals surface area contributed by atoms with Crippen LogP contribution in [0, 0.1) is 17.8 Å². The summed E-state index contributed by atoms with van der Waals surface area (Å²) in [5, 5.41) is 41.7. The van der Waals surface area contributed by atoms with E-state index in [4.69, 9.17) is 27.0 Å². The first-order chi connectivity index (χ1) is 35.3. The minimum absolute atomic E-state index is 0.0157. The molecule has 0 radical (unpaired) electrons. The van der Waals surface area contributed by atoms with Gasteiger partial charge in [-0.3, -0.25) is 38.6 Å². The lowest BCUT2D eigenvalue weighted by molar-refractivity contribution is -0.146. The second kappa shape index (κ2) is 31.6.